The summed E-state index contributed by atoms with van der Waals surface area (Å²) in [7, 11) is 1.32. The van der Waals surface area contributed by atoms with Crippen molar-refractivity contribution in [3.05, 3.63) is 51.6 Å². The second-order valence-corrected chi connectivity index (χ2v) is 10.2. The van der Waals surface area contributed by atoms with Gasteiger partial charge in [-0.3, -0.25) is 14.4 Å². The van der Waals surface area contributed by atoms with Crippen LogP contribution in [0.5, 0.6) is 17.2 Å². The fourth-order valence-corrected chi connectivity index (χ4v) is 5.75. The van der Waals surface area contributed by atoms with Crippen molar-refractivity contribution >= 4 is 17.3 Å². The van der Waals surface area contributed by atoms with Crippen molar-refractivity contribution in [2.75, 3.05) is 13.7 Å². The summed E-state index contributed by atoms with van der Waals surface area (Å²) in [4.78, 5) is 39.7. The largest absolute Gasteiger partial charge is 0.507 e. The summed E-state index contributed by atoms with van der Waals surface area (Å²) < 4.78 is 17.0. The molecule has 7 N–H and O–H groups in total. The Morgan fingerprint density at radius 1 is 1.15 bits per heavy atom. The van der Waals surface area contributed by atoms with E-state index in [1.807, 2.05) is 0 Å². The van der Waals surface area contributed by atoms with Crippen molar-refractivity contribution in [1.29, 1.82) is 0 Å². The lowest BCUT2D eigenvalue weighted by molar-refractivity contribution is -0.247. The Kier molecular flexibility index (Phi) is 6.74. The van der Waals surface area contributed by atoms with E-state index in [4.69, 9.17) is 19.9 Å². The van der Waals surface area contributed by atoms with Gasteiger partial charge in [0.15, 0.2) is 17.9 Å². The van der Waals surface area contributed by atoms with Crippen LogP contribution in [0.25, 0.3) is 0 Å². The molecule has 0 unspecified atom stereocenters. The number of fused-ring (bicyclic) bond motifs is 3. The van der Waals surface area contributed by atoms with E-state index in [2.05, 4.69) is 0 Å². The summed E-state index contributed by atoms with van der Waals surface area (Å²) in [6, 6.07) is 3.64. The van der Waals surface area contributed by atoms with Gasteiger partial charge in [0.2, 0.25) is 5.78 Å². The van der Waals surface area contributed by atoms with E-state index in [0.717, 1.165) is 0 Å². The quantitative estimate of drug-likeness (QED) is 0.235. The van der Waals surface area contributed by atoms with Gasteiger partial charge in [-0.2, -0.15) is 0 Å². The minimum atomic E-state index is -2.24. The molecule has 1 aliphatic heterocycles. The molecule has 2 aliphatic carbocycles. The van der Waals surface area contributed by atoms with Crippen LogP contribution in [0.1, 0.15) is 68.8 Å². The molecular formula is C27H29NO11. The smallest absolute Gasteiger partial charge is 0.202 e. The first-order chi connectivity index (χ1) is 18.4. The second kappa shape index (κ2) is 9.66. The van der Waals surface area contributed by atoms with Gasteiger partial charge in [0.1, 0.15) is 29.5 Å². The highest BCUT2D eigenvalue weighted by atomic mass is 16.7. The molecule has 39 heavy (non-hydrogen) atoms. The zero-order valence-corrected chi connectivity index (χ0v) is 21.2. The van der Waals surface area contributed by atoms with Gasteiger partial charge in [0.25, 0.3) is 0 Å². The van der Waals surface area contributed by atoms with Crippen molar-refractivity contribution in [2.45, 2.75) is 62.4 Å². The normalized spacial score (nSPS) is 29.8. The number of aromatic hydroxyl groups is 2. The number of Topliss-reactive ketones (excluding diaryl/α,β-unsaturated/α-hetero) is 1. The van der Waals surface area contributed by atoms with Gasteiger partial charge in [0, 0.05) is 42.0 Å². The Morgan fingerprint density at radius 3 is 2.49 bits per heavy atom. The van der Waals surface area contributed by atoms with Crippen molar-refractivity contribution in [3.8, 4) is 17.2 Å². The number of ether oxygens (including phenoxy) is 3. The average Bonchev–Trinajstić information content (AvgIpc) is 2.90. The van der Waals surface area contributed by atoms with E-state index in [-0.39, 0.29) is 34.4 Å². The fourth-order valence-electron chi connectivity index (χ4n) is 5.75. The van der Waals surface area contributed by atoms with Crippen LogP contribution in [0.3, 0.4) is 0 Å². The standard InChI is InChI=1S/C27H29NO11/c1-10-22(31)13(28)6-17(38-10)39-15-8-27(36,16(30)9-29)7-12-19(15)26(35)21-20(24(12)33)23(32)11-4-3-5-14(37-2)18(11)25(21)34/h3-5,10,13,15,17,22,29,31,33,35-36H,6-9,28H2,1-2H3/t10-,13-,15+,17+,22+,27-/m1/s1. The molecule has 2 aromatic carbocycles. The molecular weight excluding hydrogens is 514 g/mol. The van der Waals surface area contributed by atoms with Crippen LogP contribution >= 0.6 is 0 Å². The highest BCUT2D eigenvalue weighted by Crippen LogP contribution is 2.52. The van der Waals surface area contributed by atoms with Gasteiger partial charge in [-0.15, -0.1) is 0 Å². The number of aliphatic hydroxyl groups is 3. The molecule has 1 heterocycles. The first kappa shape index (κ1) is 27.2. The third kappa shape index (κ3) is 4.11. The van der Waals surface area contributed by atoms with E-state index in [0.29, 0.717) is 0 Å². The first-order valence-corrected chi connectivity index (χ1v) is 12.4. The molecule has 0 aromatic heterocycles. The molecule has 1 fully saturated rings. The number of carbonyl (C=O) groups excluding carboxylic acids is 3. The molecule has 0 saturated carbocycles. The zero-order chi connectivity index (χ0) is 28.4. The maximum Gasteiger partial charge on any atom is 0.202 e. The van der Waals surface area contributed by atoms with Crippen molar-refractivity contribution in [3.63, 3.8) is 0 Å². The molecule has 1 saturated heterocycles. The topological polar surface area (TPSA) is 206 Å². The zero-order valence-electron chi connectivity index (χ0n) is 21.2. The van der Waals surface area contributed by atoms with E-state index < -0.39 is 95.7 Å². The number of phenolic OH excluding ortho intramolecular Hbond substituents is 2. The van der Waals surface area contributed by atoms with Crippen LogP contribution in [-0.2, 0) is 20.7 Å². The molecule has 0 bridgehead atoms. The summed E-state index contributed by atoms with van der Waals surface area (Å²) in [5.74, 6) is -3.77. The summed E-state index contributed by atoms with van der Waals surface area (Å²) in [6.45, 7) is 0.560. The minimum Gasteiger partial charge on any atom is -0.507 e. The van der Waals surface area contributed by atoms with Crippen molar-refractivity contribution < 1.29 is 54.1 Å². The second-order valence-electron chi connectivity index (χ2n) is 10.2. The SMILES string of the molecule is COc1cccc2c1C(=O)c1c(O)c3c(c(O)c1C2=O)C[C@](O)(C(=O)CO)C[C@@H]3O[C@H]1C[C@@H](N)[C@@H](O)[C@@H](C)O1. The number of ketones is 3. The third-order valence-electron chi connectivity index (χ3n) is 7.81. The van der Waals surface area contributed by atoms with Gasteiger partial charge in [-0.25, -0.2) is 0 Å². The maximum atomic E-state index is 13.6. The Labute approximate surface area is 222 Å². The monoisotopic (exact) mass is 543 g/mol. The van der Waals surface area contributed by atoms with Crippen LogP contribution in [0, 0.1) is 0 Å². The van der Waals surface area contributed by atoms with E-state index >= 15 is 0 Å². The molecule has 5 rings (SSSR count). The molecule has 2 aromatic rings. The van der Waals surface area contributed by atoms with Gasteiger partial charge in [0.05, 0.1) is 42.1 Å². The summed E-state index contributed by atoms with van der Waals surface area (Å²) in [5.41, 5.74) is 2.37. The number of hydrogen-bond acceptors (Lipinski definition) is 12. The molecule has 12 nitrogen and oxygen atoms in total. The van der Waals surface area contributed by atoms with Crippen LogP contribution < -0.4 is 10.5 Å². The highest BCUT2D eigenvalue weighted by Gasteiger charge is 2.50. The summed E-state index contributed by atoms with van der Waals surface area (Å²) >= 11 is 0. The maximum absolute atomic E-state index is 13.6. The predicted molar refractivity (Wildman–Crippen MR) is 132 cm³/mol. The van der Waals surface area contributed by atoms with Gasteiger partial charge in [-0.1, -0.05) is 12.1 Å². The van der Waals surface area contributed by atoms with E-state index in [9.17, 15) is 39.9 Å². The van der Waals surface area contributed by atoms with Gasteiger partial charge < -0.3 is 45.5 Å². The lowest BCUT2D eigenvalue weighted by atomic mass is 9.72. The van der Waals surface area contributed by atoms with Crippen LogP contribution in [0.4, 0.5) is 0 Å². The molecule has 3 aliphatic rings. The van der Waals surface area contributed by atoms with Gasteiger partial charge >= 0.3 is 0 Å². The molecule has 6 atom stereocenters. The Bertz CT molecular complexity index is 1380. The van der Waals surface area contributed by atoms with Crippen molar-refractivity contribution in [2.24, 2.45) is 5.73 Å². The highest BCUT2D eigenvalue weighted by molar-refractivity contribution is 6.31. The third-order valence-corrected chi connectivity index (χ3v) is 7.81. The lowest BCUT2D eigenvalue weighted by Crippen LogP contribution is -2.53. The Morgan fingerprint density at radius 2 is 1.85 bits per heavy atom. The fraction of sp³-hybridized carbons (Fsp3) is 0.444. The lowest BCUT2D eigenvalue weighted by Gasteiger charge is -2.42. The van der Waals surface area contributed by atoms with Gasteiger partial charge in [-0.05, 0) is 13.0 Å². The molecule has 12 heteroatoms. The summed E-state index contributed by atoms with van der Waals surface area (Å²) in [6.07, 6.45) is -5.12. The summed E-state index contributed by atoms with van der Waals surface area (Å²) in [5, 5.41) is 53.7. The molecule has 0 spiro atoms. The number of methoxy groups -OCH3 is 1. The Hall–Kier alpha value is -3.39. The van der Waals surface area contributed by atoms with Crippen molar-refractivity contribution in [1.82, 2.24) is 0 Å². The number of hydrogen-bond donors (Lipinski definition) is 6. The number of rotatable bonds is 5. The number of carbonyl (C=O) groups is 3. The molecule has 0 radical (unpaired) electrons. The van der Waals surface area contributed by atoms with Crippen LogP contribution in [-0.4, -0.2) is 86.7 Å². The predicted octanol–water partition coefficient (Wildman–Crippen LogP) is 0.00130. The first-order valence-electron chi connectivity index (χ1n) is 12.4. The molecule has 208 valence electrons. The average molecular weight is 544 g/mol. The van der Waals surface area contributed by atoms with Crippen LogP contribution in [0.15, 0.2) is 18.2 Å². The number of benzene rings is 2. The number of nitrogens with two attached hydrogens (primary N) is 1. The minimum absolute atomic E-state index is 0.0173. The number of phenols is 2. The van der Waals surface area contributed by atoms with E-state index in [1.165, 1.54) is 25.3 Å². The van der Waals surface area contributed by atoms with E-state index in [1.54, 1.807) is 6.92 Å². The molecule has 0 amide bonds. The van der Waals surface area contributed by atoms with Crippen LogP contribution in [0.2, 0.25) is 0 Å². The number of aliphatic hydroxyl groups excluding tert-OH is 2. The Balaban J connectivity index is 1.69.